The van der Waals surface area contributed by atoms with Crippen LogP contribution in [0.1, 0.15) is 23.2 Å². The number of esters is 1. The molecule has 0 spiro atoms. The van der Waals surface area contributed by atoms with Crippen LogP contribution in [-0.2, 0) is 9.47 Å². The van der Waals surface area contributed by atoms with Gasteiger partial charge >= 0.3 is 5.97 Å². The third kappa shape index (κ3) is 2.73. The fourth-order valence-electron chi connectivity index (χ4n) is 1.69. The molecule has 0 amide bonds. The summed E-state index contributed by atoms with van der Waals surface area (Å²) in [6.07, 6.45) is 2.06. The maximum absolute atomic E-state index is 11.6. The zero-order valence-corrected chi connectivity index (χ0v) is 9.02. The zero-order chi connectivity index (χ0) is 11.4. The molecule has 0 radical (unpaired) electrons. The molecule has 1 heterocycles. The molecule has 1 unspecified atom stereocenters. The molecule has 1 aromatic carbocycles. The highest BCUT2D eigenvalue weighted by Gasteiger charge is 2.18. The van der Waals surface area contributed by atoms with Crippen molar-refractivity contribution in [3.63, 3.8) is 0 Å². The molecule has 0 saturated carbocycles. The highest BCUT2D eigenvalue weighted by Crippen LogP contribution is 2.13. The second kappa shape index (κ2) is 4.99. The molecule has 4 nitrogen and oxygen atoms in total. The first kappa shape index (κ1) is 11.0. The summed E-state index contributed by atoms with van der Waals surface area (Å²) in [5.74, 6) is -0.345. The lowest BCUT2D eigenvalue weighted by Crippen LogP contribution is -2.17. The fraction of sp³-hybridized carbons (Fsp3) is 0.417. The van der Waals surface area contributed by atoms with Crippen molar-refractivity contribution in [1.82, 2.24) is 0 Å². The van der Waals surface area contributed by atoms with Crippen molar-refractivity contribution < 1.29 is 14.3 Å². The van der Waals surface area contributed by atoms with E-state index < -0.39 is 0 Å². The van der Waals surface area contributed by atoms with Gasteiger partial charge in [0.25, 0.3) is 0 Å². The maximum atomic E-state index is 11.6. The Morgan fingerprint density at radius 2 is 2.44 bits per heavy atom. The third-order valence-electron chi connectivity index (χ3n) is 2.55. The Kier molecular flexibility index (Phi) is 3.41. The molecule has 1 aliphatic heterocycles. The van der Waals surface area contributed by atoms with Crippen LogP contribution in [0.15, 0.2) is 24.3 Å². The van der Waals surface area contributed by atoms with Gasteiger partial charge in [-0.25, -0.2) is 4.79 Å². The Bertz CT molecular complexity index is 372. The number of hydrogen-bond donors (Lipinski definition) is 1. The van der Waals surface area contributed by atoms with Gasteiger partial charge in [0.15, 0.2) is 0 Å². The van der Waals surface area contributed by atoms with Gasteiger partial charge in [-0.1, -0.05) is 6.07 Å². The molecule has 1 aliphatic rings. The Balaban J connectivity index is 1.87. The van der Waals surface area contributed by atoms with Gasteiger partial charge in [0.05, 0.1) is 11.7 Å². The minimum atomic E-state index is -0.345. The highest BCUT2D eigenvalue weighted by molar-refractivity contribution is 5.90. The van der Waals surface area contributed by atoms with E-state index in [2.05, 4.69) is 0 Å². The van der Waals surface area contributed by atoms with Crippen LogP contribution in [0, 0.1) is 0 Å². The largest absolute Gasteiger partial charge is 0.459 e. The number of rotatable bonds is 3. The van der Waals surface area contributed by atoms with Crippen LogP contribution in [0.2, 0.25) is 0 Å². The van der Waals surface area contributed by atoms with Crippen LogP contribution in [0.5, 0.6) is 0 Å². The molecule has 0 aliphatic carbocycles. The second-order valence-corrected chi connectivity index (χ2v) is 3.86. The molecule has 0 aromatic heterocycles. The summed E-state index contributed by atoms with van der Waals surface area (Å²) >= 11 is 0. The number of ether oxygens (including phenoxy) is 2. The molecule has 4 heteroatoms. The minimum Gasteiger partial charge on any atom is -0.459 e. The molecule has 1 atom stereocenters. The average Bonchev–Trinajstić information content (AvgIpc) is 2.78. The van der Waals surface area contributed by atoms with Gasteiger partial charge < -0.3 is 15.2 Å². The number of benzene rings is 1. The quantitative estimate of drug-likeness (QED) is 0.622. The van der Waals surface area contributed by atoms with Crippen molar-refractivity contribution in [1.29, 1.82) is 0 Å². The highest BCUT2D eigenvalue weighted by atomic mass is 16.6. The fourth-order valence-corrected chi connectivity index (χ4v) is 1.69. The number of nitrogen functional groups attached to an aromatic ring is 1. The van der Waals surface area contributed by atoms with E-state index in [1.165, 1.54) is 0 Å². The zero-order valence-electron chi connectivity index (χ0n) is 9.02. The molecular weight excluding hydrogens is 206 g/mol. The number of nitrogens with two attached hydrogens (primary N) is 1. The van der Waals surface area contributed by atoms with Crippen molar-refractivity contribution in [2.45, 2.75) is 18.9 Å². The molecule has 2 N–H and O–H groups in total. The summed E-state index contributed by atoms with van der Waals surface area (Å²) in [4.78, 5) is 11.6. The summed E-state index contributed by atoms with van der Waals surface area (Å²) in [5.41, 5.74) is 6.63. The van der Waals surface area contributed by atoms with Gasteiger partial charge in [-0.3, -0.25) is 0 Å². The van der Waals surface area contributed by atoms with E-state index in [1.54, 1.807) is 24.3 Å². The van der Waals surface area contributed by atoms with E-state index in [-0.39, 0.29) is 12.1 Å². The van der Waals surface area contributed by atoms with Crippen LogP contribution in [0.3, 0.4) is 0 Å². The minimum absolute atomic E-state index is 0.0602. The van der Waals surface area contributed by atoms with Gasteiger partial charge in [-0.2, -0.15) is 0 Å². The van der Waals surface area contributed by atoms with Crippen LogP contribution in [0.25, 0.3) is 0 Å². The molecular formula is C12H15NO3. The van der Waals surface area contributed by atoms with Crippen molar-refractivity contribution in [2.75, 3.05) is 18.9 Å². The number of carbonyl (C=O) groups excluding carboxylic acids is 1. The summed E-state index contributed by atoms with van der Waals surface area (Å²) < 4.78 is 10.5. The SMILES string of the molecule is Nc1cccc(C(=O)OCC2CCCO2)c1. The summed E-state index contributed by atoms with van der Waals surface area (Å²) in [5, 5.41) is 0. The monoisotopic (exact) mass is 221 g/mol. The van der Waals surface area contributed by atoms with Gasteiger partial charge in [0.1, 0.15) is 6.61 Å². The smallest absolute Gasteiger partial charge is 0.338 e. The van der Waals surface area contributed by atoms with Gasteiger partial charge in [-0.05, 0) is 31.0 Å². The molecule has 16 heavy (non-hydrogen) atoms. The van der Waals surface area contributed by atoms with E-state index >= 15 is 0 Å². The normalized spacial score (nSPS) is 19.6. The maximum Gasteiger partial charge on any atom is 0.338 e. The van der Waals surface area contributed by atoms with Gasteiger partial charge in [0.2, 0.25) is 0 Å². The Hall–Kier alpha value is -1.55. The van der Waals surface area contributed by atoms with Crippen LogP contribution < -0.4 is 5.73 Å². The predicted octanol–water partition coefficient (Wildman–Crippen LogP) is 1.60. The first-order valence-corrected chi connectivity index (χ1v) is 5.40. The van der Waals surface area contributed by atoms with E-state index in [4.69, 9.17) is 15.2 Å². The lowest BCUT2D eigenvalue weighted by molar-refractivity contribution is 0.0161. The van der Waals surface area contributed by atoms with E-state index in [9.17, 15) is 4.79 Å². The van der Waals surface area contributed by atoms with Crippen molar-refractivity contribution in [3.05, 3.63) is 29.8 Å². The van der Waals surface area contributed by atoms with Crippen LogP contribution in [0.4, 0.5) is 5.69 Å². The molecule has 2 rings (SSSR count). The number of carbonyl (C=O) groups is 1. The Morgan fingerprint density at radius 1 is 1.56 bits per heavy atom. The summed E-state index contributed by atoms with van der Waals surface area (Å²) in [7, 11) is 0. The van der Waals surface area contributed by atoms with Crippen molar-refractivity contribution in [3.8, 4) is 0 Å². The van der Waals surface area contributed by atoms with Crippen molar-refractivity contribution in [2.24, 2.45) is 0 Å². The third-order valence-corrected chi connectivity index (χ3v) is 2.55. The summed E-state index contributed by atoms with van der Waals surface area (Å²) in [6.45, 7) is 1.09. The van der Waals surface area contributed by atoms with Crippen LogP contribution in [-0.4, -0.2) is 25.3 Å². The summed E-state index contributed by atoms with van der Waals surface area (Å²) in [6, 6.07) is 6.76. The second-order valence-electron chi connectivity index (χ2n) is 3.86. The van der Waals surface area contributed by atoms with Gasteiger partial charge in [0, 0.05) is 12.3 Å². The Labute approximate surface area is 94.3 Å². The number of hydrogen-bond acceptors (Lipinski definition) is 4. The number of anilines is 1. The van der Waals surface area contributed by atoms with E-state index in [0.29, 0.717) is 17.9 Å². The van der Waals surface area contributed by atoms with Gasteiger partial charge in [-0.15, -0.1) is 0 Å². The lowest BCUT2D eigenvalue weighted by atomic mass is 10.2. The molecule has 86 valence electrons. The first-order chi connectivity index (χ1) is 7.75. The Morgan fingerprint density at radius 3 is 3.12 bits per heavy atom. The van der Waals surface area contributed by atoms with E-state index in [0.717, 1.165) is 19.4 Å². The average molecular weight is 221 g/mol. The molecule has 0 bridgehead atoms. The predicted molar refractivity (Wildman–Crippen MR) is 60.1 cm³/mol. The van der Waals surface area contributed by atoms with Crippen molar-refractivity contribution >= 4 is 11.7 Å². The molecule has 1 saturated heterocycles. The van der Waals surface area contributed by atoms with Crippen LogP contribution >= 0.6 is 0 Å². The first-order valence-electron chi connectivity index (χ1n) is 5.40. The molecule has 1 aromatic rings. The standard InChI is InChI=1S/C12H15NO3/c13-10-4-1-3-9(7-10)12(14)16-8-11-5-2-6-15-11/h1,3-4,7,11H,2,5-6,8,13H2. The topological polar surface area (TPSA) is 61.6 Å². The molecule has 1 fully saturated rings. The lowest BCUT2D eigenvalue weighted by Gasteiger charge is -2.10. The van der Waals surface area contributed by atoms with E-state index in [1.807, 2.05) is 0 Å².